The summed E-state index contributed by atoms with van der Waals surface area (Å²) in [6.07, 6.45) is -4.50. The van der Waals surface area contributed by atoms with E-state index in [0.29, 0.717) is 11.3 Å². The molecule has 4 amide bonds. The number of ether oxygens (including phenoxy) is 2. The van der Waals surface area contributed by atoms with Crippen molar-refractivity contribution in [2.24, 2.45) is 0 Å². The molecule has 0 radical (unpaired) electrons. The number of anilines is 1. The van der Waals surface area contributed by atoms with Crippen molar-refractivity contribution >= 4 is 29.5 Å². The fourth-order valence-electron chi connectivity index (χ4n) is 2.39. The Balaban J connectivity index is 1.81. The predicted octanol–water partition coefficient (Wildman–Crippen LogP) is 1.79. The van der Waals surface area contributed by atoms with Gasteiger partial charge in [-0.3, -0.25) is 19.3 Å². The van der Waals surface area contributed by atoms with E-state index in [1.165, 1.54) is 19.1 Å². The molecule has 29 heavy (non-hydrogen) atoms. The van der Waals surface area contributed by atoms with E-state index in [2.05, 4.69) is 15.4 Å². The van der Waals surface area contributed by atoms with Crippen molar-refractivity contribution in [3.05, 3.63) is 24.3 Å². The minimum atomic E-state index is -4.83. The Morgan fingerprint density at radius 1 is 1.21 bits per heavy atom. The highest BCUT2D eigenvalue weighted by Crippen LogP contribution is 2.24. The topological polar surface area (TPSA) is 114 Å². The molecule has 1 aliphatic rings. The maximum Gasteiger partial charge on any atom is 0.573 e. The lowest BCUT2D eigenvalue weighted by molar-refractivity contribution is -0.274. The zero-order valence-electron chi connectivity index (χ0n) is 15.5. The van der Waals surface area contributed by atoms with E-state index in [4.69, 9.17) is 4.74 Å². The molecule has 1 heterocycles. The molecule has 0 aromatic heterocycles. The second-order valence-electron chi connectivity index (χ2n) is 6.29. The van der Waals surface area contributed by atoms with E-state index in [1.54, 1.807) is 6.92 Å². The summed E-state index contributed by atoms with van der Waals surface area (Å²) in [6, 6.07) is 3.59. The summed E-state index contributed by atoms with van der Waals surface area (Å²) in [7, 11) is 0. The van der Waals surface area contributed by atoms with E-state index in [0.717, 1.165) is 12.1 Å². The van der Waals surface area contributed by atoms with Crippen LogP contribution in [0.3, 0.4) is 0 Å². The SMILES string of the molecule is CC[C@@]1(C)NC(=O)N(CC(=O)OCC(=O)Nc2ccc(OC(F)(F)F)cc2)C1=O. The van der Waals surface area contributed by atoms with Crippen LogP contribution in [-0.2, 0) is 19.1 Å². The zero-order chi connectivity index (χ0) is 21.8. The number of rotatable bonds is 7. The number of urea groups is 1. The van der Waals surface area contributed by atoms with Gasteiger partial charge in [-0.25, -0.2) is 4.79 Å². The lowest BCUT2D eigenvalue weighted by Gasteiger charge is -2.18. The molecule has 1 fully saturated rings. The number of carbonyl (C=O) groups is 4. The molecule has 1 aromatic carbocycles. The largest absolute Gasteiger partial charge is 0.573 e. The van der Waals surface area contributed by atoms with Gasteiger partial charge in [0, 0.05) is 5.69 Å². The molecular formula is C17H18F3N3O6. The molecule has 0 bridgehead atoms. The van der Waals surface area contributed by atoms with Crippen LogP contribution < -0.4 is 15.4 Å². The fraction of sp³-hybridized carbons (Fsp3) is 0.412. The molecule has 1 saturated heterocycles. The summed E-state index contributed by atoms with van der Waals surface area (Å²) in [4.78, 5) is 48.3. The lowest BCUT2D eigenvalue weighted by atomic mass is 9.99. The van der Waals surface area contributed by atoms with Crippen LogP contribution in [0.1, 0.15) is 20.3 Å². The van der Waals surface area contributed by atoms with Crippen LogP contribution in [0.4, 0.5) is 23.7 Å². The Bertz CT molecular complexity index is 812. The summed E-state index contributed by atoms with van der Waals surface area (Å²) in [6.45, 7) is 1.86. The number of carbonyl (C=O) groups excluding carboxylic acids is 4. The van der Waals surface area contributed by atoms with Crippen LogP contribution in [0, 0.1) is 0 Å². The van der Waals surface area contributed by atoms with Gasteiger partial charge in [0.25, 0.3) is 11.8 Å². The molecule has 12 heteroatoms. The van der Waals surface area contributed by atoms with Crippen molar-refractivity contribution in [3.8, 4) is 5.75 Å². The van der Waals surface area contributed by atoms with Crippen molar-refractivity contribution in [2.75, 3.05) is 18.5 Å². The van der Waals surface area contributed by atoms with Gasteiger partial charge in [-0.05, 0) is 37.6 Å². The number of esters is 1. The Morgan fingerprint density at radius 2 is 1.83 bits per heavy atom. The Labute approximate surface area is 163 Å². The maximum atomic E-state index is 12.2. The van der Waals surface area contributed by atoms with Gasteiger partial charge in [-0.1, -0.05) is 6.92 Å². The number of nitrogens with zero attached hydrogens (tertiary/aromatic N) is 1. The third kappa shape index (κ3) is 5.83. The normalized spacial score (nSPS) is 19.0. The average molecular weight is 417 g/mol. The predicted molar refractivity (Wildman–Crippen MR) is 91.7 cm³/mol. The zero-order valence-corrected chi connectivity index (χ0v) is 15.5. The standard InChI is InChI=1S/C17H18F3N3O6/c1-3-16(2)14(26)23(15(27)22-16)8-13(25)28-9-12(24)21-10-4-6-11(7-5-10)29-17(18,19)20/h4-7H,3,8-9H2,1-2H3,(H,21,24)(H,22,27)/t16-/m1/s1. The number of alkyl halides is 3. The van der Waals surface area contributed by atoms with Crippen LogP contribution in [0.5, 0.6) is 5.75 Å². The van der Waals surface area contributed by atoms with Crippen LogP contribution in [-0.4, -0.2) is 53.8 Å². The van der Waals surface area contributed by atoms with Crippen LogP contribution >= 0.6 is 0 Å². The molecule has 1 atom stereocenters. The first kappa shape index (κ1) is 22.0. The highest BCUT2D eigenvalue weighted by Gasteiger charge is 2.47. The maximum absolute atomic E-state index is 12.2. The van der Waals surface area contributed by atoms with Gasteiger partial charge in [0.2, 0.25) is 0 Å². The average Bonchev–Trinajstić information content (AvgIpc) is 2.84. The fourth-order valence-corrected chi connectivity index (χ4v) is 2.39. The summed E-state index contributed by atoms with van der Waals surface area (Å²) in [5, 5.41) is 4.78. The summed E-state index contributed by atoms with van der Waals surface area (Å²) < 4.78 is 44.7. The molecule has 0 unspecified atom stereocenters. The molecule has 158 valence electrons. The number of benzene rings is 1. The van der Waals surface area contributed by atoms with E-state index < -0.39 is 54.6 Å². The van der Waals surface area contributed by atoms with Crippen molar-refractivity contribution < 1.29 is 41.8 Å². The number of hydrogen-bond acceptors (Lipinski definition) is 6. The molecule has 0 saturated carbocycles. The highest BCUT2D eigenvalue weighted by atomic mass is 19.4. The van der Waals surface area contributed by atoms with E-state index in [1.807, 2.05) is 0 Å². The van der Waals surface area contributed by atoms with Crippen molar-refractivity contribution in [1.82, 2.24) is 10.2 Å². The van der Waals surface area contributed by atoms with E-state index in [9.17, 15) is 32.3 Å². The molecule has 1 aliphatic heterocycles. The van der Waals surface area contributed by atoms with Crippen molar-refractivity contribution in [1.29, 1.82) is 0 Å². The molecule has 2 rings (SSSR count). The third-order valence-electron chi connectivity index (χ3n) is 4.08. The lowest BCUT2D eigenvalue weighted by Crippen LogP contribution is -2.43. The van der Waals surface area contributed by atoms with Gasteiger partial charge in [-0.2, -0.15) is 0 Å². The summed E-state index contributed by atoms with van der Waals surface area (Å²) in [5.41, 5.74) is -0.954. The number of imide groups is 1. The first-order valence-corrected chi connectivity index (χ1v) is 8.39. The van der Waals surface area contributed by atoms with E-state index in [-0.39, 0.29) is 5.69 Å². The first-order chi connectivity index (χ1) is 13.4. The van der Waals surface area contributed by atoms with Gasteiger partial charge < -0.3 is 20.1 Å². The van der Waals surface area contributed by atoms with Gasteiger partial charge in [0.1, 0.15) is 17.8 Å². The van der Waals surface area contributed by atoms with E-state index >= 15 is 0 Å². The minimum Gasteiger partial charge on any atom is -0.454 e. The van der Waals surface area contributed by atoms with Crippen molar-refractivity contribution in [3.63, 3.8) is 0 Å². The monoisotopic (exact) mass is 417 g/mol. The van der Waals surface area contributed by atoms with Gasteiger partial charge >= 0.3 is 18.4 Å². The Morgan fingerprint density at radius 3 is 2.34 bits per heavy atom. The smallest absolute Gasteiger partial charge is 0.454 e. The van der Waals surface area contributed by atoms with Crippen LogP contribution in [0.15, 0.2) is 24.3 Å². The Kier molecular flexibility index (Phi) is 6.34. The molecule has 0 spiro atoms. The Hall–Kier alpha value is -3.31. The molecule has 0 aliphatic carbocycles. The quantitative estimate of drug-likeness (QED) is 0.517. The third-order valence-corrected chi connectivity index (χ3v) is 4.08. The number of hydrogen-bond donors (Lipinski definition) is 2. The number of halogens is 3. The molecular weight excluding hydrogens is 399 g/mol. The minimum absolute atomic E-state index is 0.147. The summed E-state index contributed by atoms with van der Waals surface area (Å²) in [5.74, 6) is -2.78. The molecule has 9 nitrogen and oxygen atoms in total. The second-order valence-corrected chi connectivity index (χ2v) is 6.29. The number of nitrogens with one attached hydrogen (secondary N) is 2. The van der Waals surface area contributed by atoms with Gasteiger partial charge in [0.15, 0.2) is 6.61 Å². The van der Waals surface area contributed by atoms with Crippen LogP contribution in [0.25, 0.3) is 0 Å². The second kappa shape index (κ2) is 8.37. The van der Waals surface area contributed by atoms with Gasteiger partial charge in [-0.15, -0.1) is 13.2 Å². The molecule has 1 aromatic rings. The van der Waals surface area contributed by atoms with Gasteiger partial charge in [0.05, 0.1) is 0 Å². The first-order valence-electron chi connectivity index (χ1n) is 8.39. The highest BCUT2D eigenvalue weighted by molar-refractivity contribution is 6.08. The summed E-state index contributed by atoms with van der Waals surface area (Å²) >= 11 is 0. The number of amides is 4. The molecule has 2 N–H and O–H groups in total. The van der Waals surface area contributed by atoms with Crippen molar-refractivity contribution in [2.45, 2.75) is 32.2 Å². The van der Waals surface area contributed by atoms with Crippen LogP contribution in [0.2, 0.25) is 0 Å².